The molecule has 0 spiro atoms. The van der Waals surface area contributed by atoms with Gasteiger partial charge < -0.3 is 52.9 Å². The van der Waals surface area contributed by atoms with E-state index < -0.39 is 33.4 Å². The highest BCUT2D eigenvalue weighted by Gasteiger charge is 2.35. The van der Waals surface area contributed by atoms with Gasteiger partial charge in [-0.1, -0.05) is 24.3 Å². The van der Waals surface area contributed by atoms with Crippen LogP contribution in [0.2, 0.25) is 0 Å². The van der Waals surface area contributed by atoms with Gasteiger partial charge in [0.15, 0.2) is 17.8 Å². The van der Waals surface area contributed by atoms with Gasteiger partial charge in [0.25, 0.3) is 0 Å². The SMILES string of the molecule is C=C(C)COCCOCCOCCOCCOc1ccc(C(C)Nc2nc(C)nc3c2cnn3[C@H]2CC[C@@H](COP(=O)(O)CP(=O)(O)O)O2)cc1. The quantitative estimate of drug-likeness (QED) is 0.0568. The van der Waals surface area contributed by atoms with Crippen LogP contribution in [0.3, 0.4) is 0 Å². The third kappa shape index (κ3) is 14.3. The lowest BCUT2D eigenvalue weighted by Gasteiger charge is -2.18. The molecule has 19 heteroatoms. The van der Waals surface area contributed by atoms with Crippen molar-refractivity contribution in [3.8, 4) is 5.75 Å². The van der Waals surface area contributed by atoms with Crippen LogP contribution in [0.25, 0.3) is 11.0 Å². The highest BCUT2D eigenvalue weighted by atomic mass is 31.2. The number of benzene rings is 1. The number of nitrogens with zero attached hydrogens (tertiary/aromatic N) is 4. The molecule has 3 heterocycles. The highest BCUT2D eigenvalue weighted by molar-refractivity contribution is 7.70. The van der Waals surface area contributed by atoms with Crippen LogP contribution in [0.15, 0.2) is 42.6 Å². The molecule has 4 atom stereocenters. The van der Waals surface area contributed by atoms with Crippen LogP contribution >= 0.6 is 15.2 Å². The Morgan fingerprint density at radius 1 is 0.980 bits per heavy atom. The molecule has 1 saturated heterocycles. The normalized spacial score (nSPS) is 18.2. The average Bonchev–Trinajstić information content (AvgIpc) is 3.70. The summed E-state index contributed by atoms with van der Waals surface area (Å²) in [5.74, 6) is 0.602. The van der Waals surface area contributed by atoms with Crippen molar-refractivity contribution in [1.29, 1.82) is 0 Å². The van der Waals surface area contributed by atoms with Gasteiger partial charge in [-0.25, -0.2) is 14.6 Å². The van der Waals surface area contributed by atoms with Crippen molar-refractivity contribution < 1.29 is 56.8 Å². The van der Waals surface area contributed by atoms with Crippen molar-refractivity contribution in [2.24, 2.45) is 0 Å². The van der Waals surface area contributed by atoms with Crippen molar-refractivity contribution >= 4 is 32.0 Å². The highest BCUT2D eigenvalue weighted by Crippen LogP contribution is 2.55. The fourth-order valence-corrected chi connectivity index (χ4v) is 7.67. The van der Waals surface area contributed by atoms with Crippen LogP contribution in [-0.2, 0) is 37.3 Å². The van der Waals surface area contributed by atoms with Crippen molar-refractivity contribution in [1.82, 2.24) is 19.7 Å². The molecule has 1 aliphatic heterocycles. The first kappa shape index (κ1) is 41.0. The second kappa shape index (κ2) is 19.9. The maximum Gasteiger partial charge on any atom is 0.340 e. The van der Waals surface area contributed by atoms with E-state index in [-0.39, 0.29) is 12.6 Å². The molecular weight excluding hydrogens is 708 g/mol. The number of hydrogen-bond acceptors (Lipinski definition) is 13. The Bertz CT molecular complexity index is 1640. The van der Waals surface area contributed by atoms with Gasteiger partial charge in [-0.05, 0) is 51.3 Å². The van der Waals surface area contributed by atoms with Crippen molar-refractivity contribution in [2.45, 2.75) is 52.0 Å². The van der Waals surface area contributed by atoms with Crippen LogP contribution in [0.4, 0.5) is 5.82 Å². The van der Waals surface area contributed by atoms with Crippen LogP contribution < -0.4 is 10.1 Å². The molecule has 0 aliphatic carbocycles. The Kier molecular flexibility index (Phi) is 16.0. The number of nitrogens with one attached hydrogen (secondary N) is 1. The molecule has 17 nitrogen and oxygen atoms in total. The van der Waals surface area contributed by atoms with Crippen LogP contribution in [-0.4, -0.2) is 113 Å². The molecule has 2 aromatic heterocycles. The molecule has 0 saturated carbocycles. The Morgan fingerprint density at radius 2 is 1.61 bits per heavy atom. The summed E-state index contributed by atoms with van der Waals surface area (Å²) in [5, 5.41) is 8.64. The number of ether oxygens (including phenoxy) is 6. The van der Waals surface area contributed by atoms with E-state index in [0.717, 1.165) is 16.9 Å². The Balaban J connectivity index is 1.17. The van der Waals surface area contributed by atoms with Gasteiger partial charge in [-0.2, -0.15) is 5.10 Å². The zero-order valence-electron chi connectivity index (χ0n) is 29.2. The second-order valence-electron chi connectivity index (χ2n) is 12.1. The smallest absolute Gasteiger partial charge is 0.340 e. The number of fused-ring (bicyclic) bond motifs is 1. The van der Waals surface area contributed by atoms with Crippen molar-refractivity contribution in [2.75, 3.05) is 77.3 Å². The monoisotopic (exact) mass is 757 g/mol. The van der Waals surface area contributed by atoms with E-state index in [1.807, 2.05) is 38.1 Å². The zero-order valence-corrected chi connectivity index (χ0v) is 31.0. The summed E-state index contributed by atoms with van der Waals surface area (Å²) in [6.07, 6.45) is 1.59. The number of hydrogen-bond donors (Lipinski definition) is 4. The Labute approximate surface area is 297 Å². The molecule has 4 rings (SSSR count). The maximum absolute atomic E-state index is 12.0. The standard InChI is InChI=1S/C32H49N5O12P2/c1-23(2)20-46-16-15-44-12-11-43-13-14-45-17-18-47-27-7-5-26(6-8-27)24(3)34-31-29-19-33-37(32(29)36-25(4)35-31)30-10-9-28(49-30)21-48-51(41,42)22-50(38,39)40/h5-8,19,24,28,30H,1,9-18,20-22H2,2-4H3,(H,41,42)(H,34,35,36)(H2,38,39,40)/t24?,28-,30+/m0/s1. The minimum atomic E-state index is -4.72. The number of aromatic nitrogens is 4. The molecule has 1 aromatic carbocycles. The van der Waals surface area contributed by atoms with Crippen molar-refractivity contribution in [3.05, 3.63) is 54.0 Å². The molecular formula is C32H49N5O12P2. The van der Waals surface area contributed by atoms with Gasteiger partial charge in [0.05, 0.1) is 77.1 Å². The van der Waals surface area contributed by atoms with Gasteiger partial charge in [0, 0.05) is 6.04 Å². The topological polar surface area (TPSA) is 215 Å². The Hall–Kier alpha value is -2.79. The first-order valence-corrected chi connectivity index (χ1v) is 20.2. The van der Waals surface area contributed by atoms with E-state index in [9.17, 15) is 14.0 Å². The summed E-state index contributed by atoms with van der Waals surface area (Å²) in [4.78, 5) is 37.0. The van der Waals surface area contributed by atoms with E-state index in [2.05, 4.69) is 27.0 Å². The molecule has 0 amide bonds. The summed E-state index contributed by atoms with van der Waals surface area (Å²) in [5.41, 5.74) is 2.55. The van der Waals surface area contributed by atoms with Crippen LogP contribution in [0.5, 0.6) is 5.75 Å². The molecule has 4 N–H and O–H groups in total. The summed E-state index contributed by atoms with van der Waals surface area (Å²) in [6.45, 7) is 13.6. The van der Waals surface area contributed by atoms with E-state index in [4.69, 9.17) is 42.7 Å². The Morgan fingerprint density at radius 3 is 2.24 bits per heavy atom. The molecule has 1 aliphatic rings. The molecule has 1 fully saturated rings. The van der Waals surface area contributed by atoms with Crippen molar-refractivity contribution in [3.63, 3.8) is 0 Å². The molecule has 51 heavy (non-hydrogen) atoms. The first-order chi connectivity index (χ1) is 24.3. The minimum absolute atomic E-state index is 0.116. The summed E-state index contributed by atoms with van der Waals surface area (Å²) >= 11 is 0. The van der Waals surface area contributed by atoms with Gasteiger partial charge in [0.2, 0.25) is 0 Å². The zero-order chi connectivity index (χ0) is 36.9. The van der Waals surface area contributed by atoms with Crippen LogP contribution in [0, 0.1) is 6.92 Å². The lowest BCUT2D eigenvalue weighted by atomic mass is 10.1. The summed E-state index contributed by atoms with van der Waals surface area (Å²) < 4.78 is 63.4. The molecule has 284 valence electrons. The number of aryl methyl sites for hydroxylation is 1. The molecule has 2 unspecified atom stereocenters. The fraction of sp³-hybridized carbons (Fsp3) is 0.594. The largest absolute Gasteiger partial charge is 0.491 e. The number of rotatable bonds is 24. The summed E-state index contributed by atoms with van der Waals surface area (Å²) in [7, 11) is -9.19. The van der Waals surface area contributed by atoms with Gasteiger partial charge in [-0.3, -0.25) is 9.13 Å². The minimum Gasteiger partial charge on any atom is -0.491 e. The number of anilines is 1. The van der Waals surface area contributed by atoms with E-state index in [1.54, 1.807) is 17.8 Å². The fourth-order valence-electron chi connectivity index (χ4n) is 5.08. The molecule has 0 bridgehead atoms. The van der Waals surface area contributed by atoms with E-state index >= 15 is 0 Å². The third-order valence-corrected chi connectivity index (χ3v) is 10.9. The predicted octanol–water partition coefficient (Wildman–Crippen LogP) is 4.34. The predicted molar refractivity (Wildman–Crippen MR) is 188 cm³/mol. The first-order valence-electron chi connectivity index (χ1n) is 16.6. The van der Waals surface area contributed by atoms with Crippen LogP contribution in [0.1, 0.15) is 50.3 Å². The second-order valence-corrected chi connectivity index (χ2v) is 16.1. The van der Waals surface area contributed by atoms with Gasteiger partial charge in [0.1, 0.15) is 24.0 Å². The molecule has 3 aromatic rings. The van der Waals surface area contributed by atoms with E-state index in [1.165, 1.54) is 0 Å². The lowest BCUT2D eigenvalue weighted by molar-refractivity contribution is -0.0230. The van der Waals surface area contributed by atoms with Gasteiger partial charge in [-0.15, -0.1) is 0 Å². The summed E-state index contributed by atoms with van der Waals surface area (Å²) in [6, 6.07) is 7.64. The molecule has 0 radical (unpaired) electrons. The van der Waals surface area contributed by atoms with Gasteiger partial charge >= 0.3 is 15.2 Å². The van der Waals surface area contributed by atoms with E-state index in [0.29, 0.717) is 95.0 Å². The average molecular weight is 758 g/mol. The maximum atomic E-state index is 12.0. The lowest BCUT2D eigenvalue weighted by Crippen LogP contribution is -2.17. The third-order valence-electron chi connectivity index (χ3n) is 7.44.